The van der Waals surface area contributed by atoms with Gasteiger partial charge in [0, 0.05) is 32.6 Å². The van der Waals surface area contributed by atoms with Gasteiger partial charge in [0.2, 0.25) is 15.9 Å². The summed E-state index contributed by atoms with van der Waals surface area (Å²) in [6.07, 6.45) is 2.17. The zero-order valence-electron chi connectivity index (χ0n) is 16.9. The van der Waals surface area contributed by atoms with Crippen molar-refractivity contribution in [1.82, 2.24) is 9.21 Å². The number of piperazine rings is 1. The number of carbonyl (C=O) groups is 1. The van der Waals surface area contributed by atoms with Crippen molar-refractivity contribution in [3.8, 4) is 0 Å². The van der Waals surface area contributed by atoms with Crippen LogP contribution in [0.25, 0.3) is 10.8 Å². The number of hydrogen-bond donors (Lipinski definition) is 0. The molecule has 0 aliphatic carbocycles. The van der Waals surface area contributed by atoms with E-state index in [4.69, 9.17) is 0 Å². The van der Waals surface area contributed by atoms with Crippen LogP contribution in [0, 0.1) is 0 Å². The van der Waals surface area contributed by atoms with Gasteiger partial charge in [0.05, 0.1) is 4.90 Å². The van der Waals surface area contributed by atoms with Crippen molar-refractivity contribution in [3.63, 3.8) is 0 Å². The molecule has 3 aromatic rings. The maximum Gasteiger partial charge on any atom is 0.243 e. The molecule has 30 heavy (non-hydrogen) atoms. The Labute approximate surface area is 178 Å². The van der Waals surface area contributed by atoms with Crippen molar-refractivity contribution >= 4 is 26.7 Å². The monoisotopic (exact) mass is 422 g/mol. The summed E-state index contributed by atoms with van der Waals surface area (Å²) in [6, 6.07) is 23.1. The smallest absolute Gasteiger partial charge is 0.243 e. The molecule has 1 amide bonds. The summed E-state index contributed by atoms with van der Waals surface area (Å²) in [5, 5.41) is 1.92. The first-order valence-corrected chi connectivity index (χ1v) is 11.8. The van der Waals surface area contributed by atoms with Gasteiger partial charge >= 0.3 is 0 Å². The molecule has 0 bridgehead atoms. The first kappa shape index (κ1) is 20.6. The van der Waals surface area contributed by atoms with E-state index in [1.165, 1.54) is 9.87 Å². The van der Waals surface area contributed by atoms with E-state index in [0.29, 0.717) is 37.5 Å². The molecule has 0 saturated carbocycles. The first-order valence-electron chi connectivity index (χ1n) is 10.3. The highest BCUT2D eigenvalue weighted by Crippen LogP contribution is 2.23. The molecule has 0 N–H and O–H groups in total. The molecular weight excluding hydrogens is 396 g/mol. The average Bonchev–Trinajstić information content (AvgIpc) is 2.79. The van der Waals surface area contributed by atoms with Crippen LogP contribution >= 0.6 is 0 Å². The summed E-state index contributed by atoms with van der Waals surface area (Å²) in [7, 11) is -3.56. The lowest BCUT2D eigenvalue weighted by molar-refractivity contribution is -0.132. The van der Waals surface area contributed by atoms with Crippen LogP contribution < -0.4 is 0 Å². The van der Waals surface area contributed by atoms with Crippen LogP contribution in [0.15, 0.2) is 77.7 Å². The largest absolute Gasteiger partial charge is 0.340 e. The minimum absolute atomic E-state index is 0.105. The van der Waals surface area contributed by atoms with Crippen LogP contribution in [0.1, 0.15) is 18.4 Å². The van der Waals surface area contributed by atoms with Crippen molar-refractivity contribution in [2.75, 3.05) is 26.2 Å². The van der Waals surface area contributed by atoms with E-state index in [-0.39, 0.29) is 5.91 Å². The molecule has 1 heterocycles. The molecule has 0 unspecified atom stereocenters. The Kier molecular flexibility index (Phi) is 6.16. The van der Waals surface area contributed by atoms with Crippen molar-refractivity contribution in [1.29, 1.82) is 0 Å². The number of benzene rings is 3. The molecule has 1 fully saturated rings. The molecule has 0 atom stereocenters. The fraction of sp³-hybridized carbons (Fsp3) is 0.292. The van der Waals surface area contributed by atoms with Gasteiger partial charge in [-0.3, -0.25) is 4.79 Å². The van der Waals surface area contributed by atoms with Crippen LogP contribution in [-0.2, 0) is 21.2 Å². The van der Waals surface area contributed by atoms with E-state index in [9.17, 15) is 13.2 Å². The van der Waals surface area contributed by atoms with Crippen LogP contribution in [0.2, 0.25) is 0 Å². The van der Waals surface area contributed by atoms with Gasteiger partial charge in [0.25, 0.3) is 0 Å². The third-order valence-corrected chi connectivity index (χ3v) is 7.54. The number of carbonyl (C=O) groups excluding carboxylic acids is 1. The lowest BCUT2D eigenvalue weighted by Gasteiger charge is -2.34. The second-order valence-electron chi connectivity index (χ2n) is 7.63. The van der Waals surface area contributed by atoms with E-state index >= 15 is 0 Å². The maximum atomic E-state index is 13.1. The Morgan fingerprint density at radius 1 is 0.800 bits per heavy atom. The van der Waals surface area contributed by atoms with Gasteiger partial charge in [-0.15, -0.1) is 0 Å². The van der Waals surface area contributed by atoms with Crippen LogP contribution in [-0.4, -0.2) is 49.7 Å². The van der Waals surface area contributed by atoms with Crippen molar-refractivity contribution in [2.45, 2.75) is 24.2 Å². The number of sulfonamides is 1. The molecule has 1 saturated heterocycles. The molecule has 5 nitrogen and oxygen atoms in total. The molecular formula is C24H26N2O3S. The Hall–Kier alpha value is -2.70. The minimum Gasteiger partial charge on any atom is -0.340 e. The molecule has 3 aromatic carbocycles. The fourth-order valence-corrected chi connectivity index (χ4v) is 5.36. The average molecular weight is 423 g/mol. The summed E-state index contributed by atoms with van der Waals surface area (Å²) < 4.78 is 27.6. The van der Waals surface area contributed by atoms with Gasteiger partial charge in [-0.2, -0.15) is 4.31 Å². The van der Waals surface area contributed by atoms with Crippen molar-refractivity contribution in [2.24, 2.45) is 0 Å². The molecule has 1 aliphatic heterocycles. The number of hydrogen-bond acceptors (Lipinski definition) is 3. The topological polar surface area (TPSA) is 57.7 Å². The van der Waals surface area contributed by atoms with Gasteiger partial charge in [-0.1, -0.05) is 60.7 Å². The van der Waals surface area contributed by atoms with Crippen molar-refractivity contribution < 1.29 is 13.2 Å². The minimum atomic E-state index is -3.56. The summed E-state index contributed by atoms with van der Waals surface area (Å²) in [5.41, 5.74) is 1.23. The van der Waals surface area contributed by atoms with E-state index < -0.39 is 10.0 Å². The van der Waals surface area contributed by atoms with E-state index in [1.54, 1.807) is 17.0 Å². The van der Waals surface area contributed by atoms with Crippen LogP contribution in [0.3, 0.4) is 0 Å². The highest BCUT2D eigenvalue weighted by Gasteiger charge is 2.30. The first-order chi connectivity index (χ1) is 14.5. The van der Waals surface area contributed by atoms with E-state index in [2.05, 4.69) is 12.1 Å². The van der Waals surface area contributed by atoms with Crippen molar-refractivity contribution in [3.05, 3.63) is 78.4 Å². The number of nitrogens with zero attached hydrogens (tertiary/aromatic N) is 2. The lowest BCUT2D eigenvalue weighted by Crippen LogP contribution is -2.50. The SMILES string of the molecule is O=C(CCCc1ccccc1)N1CCN(S(=O)(=O)c2ccc3ccccc3c2)CC1. The van der Waals surface area contributed by atoms with E-state index in [0.717, 1.165) is 23.6 Å². The molecule has 0 spiro atoms. The predicted octanol–water partition coefficient (Wildman–Crippen LogP) is 3.70. The normalized spacial score (nSPS) is 15.4. The summed E-state index contributed by atoms with van der Waals surface area (Å²) in [5.74, 6) is 0.105. The molecule has 156 valence electrons. The van der Waals surface area contributed by atoms with Crippen LogP contribution in [0.4, 0.5) is 0 Å². The highest BCUT2D eigenvalue weighted by atomic mass is 32.2. The Morgan fingerprint density at radius 3 is 2.20 bits per heavy atom. The quantitative estimate of drug-likeness (QED) is 0.609. The summed E-state index contributed by atoms with van der Waals surface area (Å²) in [6.45, 7) is 1.55. The van der Waals surface area contributed by atoms with E-state index in [1.807, 2.05) is 48.5 Å². The van der Waals surface area contributed by atoms with Gasteiger partial charge < -0.3 is 4.90 Å². The second-order valence-corrected chi connectivity index (χ2v) is 9.57. The lowest BCUT2D eigenvalue weighted by atomic mass is 10.1. The van der Waals surface area contributed by atoms with Gasteiger partial charge in [0.15, 0.2) is 0 Å². The second kappa shape index (κ2) is 8.98. The maximum absolute atomic E-state index is 13.1. The third kappa shape index (κ3) is 4.55. The molecule has 4 rings (SSSR count). The van der Waals surface area contributed by atoms with Crippen LogP contribution in [0.5, 0.6) is 0 Å². The van der Waals surface area contributed by atoms with Gasteiger partial charge in [-0.05, 0) is 41.3 Å². The number of fused-ring (bicyclic) bond motifs is 1. The number of rotatable bonds is 6. The predicted molar refractivity (Wildman–Crippen MR) is 119 cm³/mol. The zero-order valence-corrected chi connectivity index (χ0v) is 17.7. The molecule has 0 radical (unpaired) electrons. The molecule has 1 aliphatic rings. The Morgan fingerprint density at radius 2 is 1.47 bits per heavy atom. The standard InChI is InChI=1S/C24H26N2O3S/c27-24(12-6-9-20-7-2-1-3-8-20)25-15-17-26(18-16-25)30(28,29)23-14-13-21-10-4-5-11-22(21)19-23/h1-5,7-8,10-11,13-14,19H,6,9,12,15-18H2. The van der Waals surface area contributed by atoms with Gasteiger partial charge in [0.1, 0.15) is 0 Å². The Balaban J connectivity index is 1.33. The third-order valence-electron chi connectivity index (χ3n) is 5.65. The molecule has 6 heteroatoms. The number of amides is 1. The van der Waals surface area contributed by atoms with Gasteiger partial charge in [-0.25, -0.2) is 8.42 Å². The Bertz CT molecular complexity index is 1120. The molecule has 0 aromatic heterocycles. The summed E-state index contributed by atoms with van der Waals surface area (Å²) >= 11 is 0. The summed E-state index contributed by atoms with van der Waals surface area (Å²) in [4.78, 5) is 14.6. The number of aryl methyl sites for hydroxylation is 1. The highest BCUT2D eigenvalue weighted by molar-refractivity contribution is 7.89. The zero-order chi connectivity index (χ0) is 21.0. The fourth-order valence-electron chi connectivity index (χ4n) is 3.90.